The van der Waals surface area contributed by atoms with Crippen LogP contribution in [0.2, 0.25) is 0 Å². The first-order valence-corrected chi connectivity index (χ1v) is 6.23. The van der Waals surface area contributed by atoms with E-state index in [1.165, 1.54) is 19.4 Å². The van der Waals surface area contributed by atoms with Crippen molar-refractivity contribution in [2.45, 2.75) is 52.7 Å². The van der Waals surface area contributed by atoms with Gasteiger partial charge in [-0.15, -0.1) is 0 Å². The standard InChI is InChI=1S/C12H28N2O/c1-5-14(6-2)9-7-8-11(3)13-10-12(4)15/h11-13,15H,5-10H2,1-4H3. The maximum atomic E-state index is 9.12. The molecular formula is C12H28N2O. The Morgan fingerprint density at radius 2 is 1.80 bits per heavy atom. The Hall–Kier alpha value is -0.120. The molecule has 0 aliphatic heterocycles. The summed E-state index contributed by atoms with van der Waals surface area (Å²) < 4.78 is 0. The van der Waals surface area contributed by atoms with Gasteiger partial charge in [0, 0.05) is 12.6 Å². The van der Waals surface area contributed by atoms with Gasteiger partial charge in [0.15, 0.2) is 0 Å². The third-order valence-electron chi connectivity index (χ3n) is 2.77. The zero-order valence-electron chi connectivity index (χ0n) is 10.8. The molecule has 15 heavy (non-hydrogen) atoms. The minimum absolute atomic E-state index is 0.241. The fourth-order valence-electron chi connectivity index (χ4n) is 1.63. The smallest absolute Gasteiger partial charge is 0.0636 e. The molecule has 2 atom stereocenters. The van der Waals surface area contributed by atoms with Crippen molar-refractivity contribution in [2.24, 2.45) is 0 Å². The third-order valence-corrected chi connectivity index (χ3v) is 2.77. The first-order chi connectivity index (χ1) is 7.10. The van der Waals surface area contributed by atoms with E-state index < -0.39 is 0 Å². The van der Waals surface area contributed by atoms with Gasteiger partial charge in [-0.1, -0.05) is 13.8 Å². The van der Waals surface area contributed by atoms with Crippen LogP contribution in [0.4, 0.5) is 0 Å². The lowest BCUT2D eigenvalue weighted by Gasteiger charge is -2.20. The molecule has 2 unspecified atom stereocenters. The molecule has 0 saturated carbocycles. The van der Waals surface area contributed by atoms with Crippen LogP contribution in [0.15, 0.2) is 0 Å². The van der Waals surface area contributed by atoms with Crippen molar-refractivity contribution in [3.63, 3.8) is 0 Å². The summed E-state index contributed by atoms with van der Waals surface area (Å²) in [5.74, 6) is 0. The lowest BCUT2D eigenvalue weighted by molar-refractivity contribution is 0.185. The molecule has 0 aromatic heterocycles. The molecule has 3 heteroatoms. The van der Waals surface area contributed by atoms with Gasteiger partial charge in [0.05, 0.1) is 6.10 Å². The van der Waals surface area contributed by atoms with Gasteiger partial charge in [-0.05, 0) is 46.3 Å². The Labute approximate surface area is 94.9 Å². The predicted molar refractivity (Wildman–Crippen MR) is 66.2 cm³/mol. The number of aliphatic hydroxyl groups is 1. The van der Waals surface area contributed by atoms with Gasteiger partial charge >= 0.3 is 0 Å². The topological polar surface area (TPSA) is 35.5 Å². The molecule has 0 bridgehead atoms. The average molecular weight is 216 g/mol. The molecule has 0 heterocycles. The van der Waals surface area contributed by atoms with Crippen LogP contribution in [0.1, 0.15) is 40.5 Å². The molecular weight excluding hydrogens is 188 g/mol. The highest BCUT2D eigenvalue weighted by atomic mass is 16.3. The summed E-state index contributed by atoms with van der Waals surface area (Å²) in [5, 5.41) is 12.4. The fraction of sp³-hybridized carbons (Fsp3) is 1.00. The van der Waals surface area contributed by atoms with Crippen LogP contribution in [0.25, 0.3) is 0 Å². The average Bonchev–Trinajstić information content (AvgIpc) is 2.21. The zero-order valence-corrected chi connectivity index (χ0v) is 10.8. The molecule has 0 spiro atoms. The summed E-state index contributed by atoms with van der Waals surface area (Å²) in [6.07, 6.45) is 2.18. The van der Waals surface area contributed by atoms with Crippen LogP contribution in [0.5, 0.6) is 0 Å². The van der Waals surface area contributed by atoms with Gasteiger partial charge in [0.2, 0.25) is 0 Å². The van der Waals surface area contributed by atoms with Crippen LogP contribution < -0.4 is 5.32 Å². The summed E-state index contributed by atoms with van der Waals surface area (Å²) >= 11 is 0. The van der Waals surface area contributed by atoms with Gasteiger partial charge in [-0.25, -0.2) is 0 Å². The third kappa shape index (κ3) is 8.85. The largest absolute Gasteiger partial charge is 0.392 e. The molecule has 0 aromatic carbocycles. The van der Waals surface area contributed by atoms with E-state index in [4.69, 9.17) is 5.11 Å². The number of rotatable bonds is 9. The van der Waals surface area contributed by atoms with E-state index in [9.17, 15) is 0 Å². The number of hydrogen-bond donors (Lipinski definition) is 2. The summed E-state index contributed by atoms with van der Waals surface area (Å²) in [6, 6.07) is 0.509. The molecule has 3 nitrogen and oxygen atoms in total. The van der Waals surface area contributed by atoms with E-state index in [0.717, 1.165) is 13.1 Å². The van der Waals surface area contributed by atoms with Crippen LogP contribution in [0.3, 0.4) is 0 Å². The van der Waals surface area contributed by atoms with Gasteiger partial charge in [0.25, 0.3) is 0 Å². The molecule has 0 aliphatic rings. The SMILES string of the molecule is CCN(CC)CCCC(C)NCC(C)O. The number of hydrogen-bond acceptors (Lipinski definition) is 3. The first-order valence-electron chi connectivity index (χ1n) is 6.23. The Balaban J connectivity index is 3.41. The van der Waals surface area contributed by atoms with Crippen molar-refractivity contribution < 1.29 is 5.11 Å². The van der Waals surface area contributed by atoms with Gasteiger partial charge in [0.1, 0.15) is 0 Å². The fourth-order valence-corrected chi connectivity index (χ4v) is 1.63. The van der Waals surface area contributed by atoms with Crippen molar-refractivity contribution in [1.82, 2.24) is 10.2 Å². The van der Waals surface area contributed by atoms with Gasteiger partial charge in [-0.2, -0.15) is 0 Å². The number of aliphatic hydroxyl groups excluding tert-OH is 1. The van der Waals surface area contributed by atoms with Crippen molar-refractivity contribution in [3.8, 4) is 0 Å². The normalized spacial score (nSPS) is 15.6. The summed E-state index contributed by atoms with van der Waals surface area (Å²) in [6.45, 7) is 12.6. The van der Waals surface area contributed by atoms with Crippen molar-refractivity contribution in [2.75, 3.05) is 26.2 Å². The van der Waals surface area contributed by atoms with Gasteiger partial charge < -0.3 is 15.3 Å². The maximum Gasteiger partial charge on any atom is 0.0636 e. The zero-order chi connectivity index (χ0) is 11.7. The monoisotopic (exact) mass is 216 g/mol. The second kappa shape index (κ2) is 9.13. The molecule has 0 saturated heterocycles. The van der Waals surface area contributed by atoms with Crippen LogP contribution in [-0.4, -0.2) is 48.3 Å². The van der Waals surface area contributed by atoms with E-state index in [-0.39, 0.29) is 6.10 Å². The Morgan fingerprint density at radius 3 is 2.27 bits per heavy atom. The van der Waals surface area contributed by atoms with E-state index >= 15 is 0 Å². The molecule has 0 rings (SSSR count). The molecule has 0 amide bonds. The van der Waals surface area contributed by atoms with E-state index in [1.807, 2.05) is 6.92 Å². The quantitative estimate of drug-likeness (QED) is 0.612. The molecule has 92 valence electrons. The van der Waals surface area contributed by atoms with Crippen molar-refractivity contribution in [3.05, 3.63) is 0 Å². The molecule has 0 fully saturated rings. The summed E-state index contributed by atoms with van der Waals surface area (Å²) in [5.41, 5.74) is 0. The van der Waals surface area contributed by atoms with E-state index in [2.05, 4.69) is 31.0 Å². The number of nitrogens with zero attached hydrogens (tertiary/aromatic N) is 1. The highest BCUT2D eigenvalue weighted by Gasteiger charge is 2.04. The van der Waals surface area contributed by atoms with Crippen LogP contribution in [-0.2, 0) is 0 Å². The van der Waals surface area contributed by atoms with Gasteiger partial charge in [-0.3, -0.25) is 0 Å². The second-order valence-electron chi connectivity index (χ2n) is 4.33. The first kappa shape index (κ1) is 14.9. The minimum atomic E-state index is -0.241. The minimum Gasteiger partial charge on any atom is -0.392 e. The summed E-state index contributed by atoms with van der Waals surface area (Å²) in [4.78, 5) is 2.45. The van der Waals surface area contributed by atoms with E-state index in [1.54, 1.807) is 0 Å². The maximum absolute atomic E-state index is 9.12. The lowest BCUT2D eigenvalue weighted by atomic mass is 10.1. The molecule has 0 aliphatic carbocycles. The Morgan fingerprint density at radius 1 is 1.20 bits per heavy atom. The molecule has 0 aromatic rings. The second-order valence-corrected chi connectivity index (χ2v) is 4.33. The molecule has 2 N–H and O–H groups in total. The summed E-state index contributed by atoms with van der Waals surface area (Å²) in [7, 11) is 0. The Bertz CT molecular complexity index is 136. The van der Waals surface area contributed by atoms with Crippen LogP contribution in [0, 0.1) is 0 Å². The van der Waals surface area contributed by atoms with E-state index in [0.29, 0.717) is 12.6 Å². The molecule has 0 radical (unpaired) electrons. The van der Waals surface area contributed by atoms with Crippen LogP contribution >= 0.6 is 0 Å². The highest BCUT2D eigenvalue weighted by Crippen LogP contribution is 1.99. The van der Waals surface area contributed by atoms with Crippen molar-refractivity contribution in [1.29, 1.82) is 0 Å². The van der Waals surface area contributed by atoms with Crippen molar-refractivity contribution >= 4 is 0 Å². The number of nitrogens with one attached hydrogen (secondary N) is 1. The highest BCUT2D eigenvalue weighted by molar-refractivity contribution is 4.64. The Kier molecular flexibility index (Phi) is 9.06. The lowest BCUT2D eigenvalue weighted by Crippen LogP contribution is -2.33. The predicted octanol–water partition coefficient (Wildman–Crippen LogP) is 1.47.